The van der Waals surface area contributed by atoms with Crippen LogP contribution < -0.4 is 5.73 Å². The van der Waals surface area contributed by atoms with Gasteiger partial charge in [0.15, 0.2) is 0 Å². The lowest BCUT2D eigenvalue weighted by atomic mass is 9.85. The van der Waals surface area contributed by atoms with Crippen molar-refractivity contribution in [2.75, 3.05) is 33.2 Å². The maximum absolute atomic E-state index is 6.12. The van der Waals surface area contributed by atoms with E-state index in [2.05, 4.69) is 23.8 Å². The van der Waals surface area contributed by atoms with Crippen LogP contribution in [0.3, 0.4) is 0 Å². The van der Waals surface area contributed by atoms with Gasteiger partial charge in [-0.05, 0) is 58.2 Å². The predicted molar refractivity (Wildman–Crippen MR) is 77.7 cm³/mol. The molecule has 1 saturated carbocycles. The average Bonchev–Trinajstić information content (AvgIpc) is 2.51. The van der Waals surface area contributed by atoms with Crippen LogP contribution in [-0.4, -0.2) is 55.1 Å². The molecule has 0 spiro atoms. The Morgan fingerprint density at radius 2 is 2.00 bits per heavy atom. The van der Waals surface area contributed by atoms with Crippen LogP contribution in [0.15, 0.2) is 0 Å². The molecule has 0 bridgehead atoms. The van der Waals surface area contributed by atoms with Crippen LogP contribution in [0.25, 0.3) is 0 Å². The summed E-state index contributed by atoms with van der Waals surface area (Å²) in [6.07, 6.45) is 7.85. The zero-order valence-corrected chi connectivity index (χ0v) is 12.3. The summed E-state index contributed by atoms with van der Waals surface area (Å²) in [5.74, 6) is 0.853. The fourth-order valence-corrected chi connectivity index (χ4v) is 3.75. The lowest BCUT2D eigenvalue weighted by Gasteiger charge is -2.35. The summed E-state index contributed by atoms with van der Waals surface area (Å²) < 4.78 is 0. The third kappa shape index (κ3) is 3.94. The second-order valence-electron chi connectivity index (χ2n) is 6.47. The van der Waals surface area contributed by atoms with Gasteiger partial charge >= 0.3 is 0 Å². The van der Waals surface area contributed by atoms with Gasteiger partial charge in [0.05, 0.1) is 0 Å². The Bertz CT molecular complexity index is 244. The summed E-state index contributed by atoms with van der Waals surface area (Å²) in [6, 6.07) is 1.23. The molecule has 2 fully saturated rings. The van der Waals surface area contributed by atoms with Gasteiger partial charge in [-0.1, -0.05) is 13.3 Å². The van der Waals surface area contributed by atoms with E-state index < -0.39 is 0 Å². The molecule has 3 unspecified atom stereocenters. The van der Waals surface area contributed by atoms with Crippen molar-refractivity contribution in [1.82, 2.24) is 9.80 Å². The molecule has 1 heterocycles. The second kappa shape index (κ2) is 6.88. The van der Waals surface area contributed by atoms with E-state index in [1.807, 2.05) is 0 Å². The van der Waals surface area contributed by atoms with Crippen molar-refractivity contribution in [3.8, 4) is 0 Å². The fraction of sp³-hybridized carbons (Fsp3) is 1.00. The summed E-state index contributed by atoms with van der Waals surface area (Å²) in [7, 11) is 2.27. The fourth-order valence-electron chi connectivity index (χ4n) is 3.75. The summed E-state index contributed by atoms with van der Waals surface area (Å²) in [4.78, 5) is 5.26. The maximum Gasteiger partial charge on any atom is 0.0220 e. The quantitative estimate of drug-likeness (QED) is 0.834. The lowest BCUT2D eigenvalue weighted by Crippen LogP contribution is -2.43. The number of hydrogen-bond donors (Lipinski definition) is 1. The number of nitrogens with zero attached hydrogens (tertiary/aromatic N) is 2. The summed E-state index contributed by atoms with van der Waals surface area (Å²) in [5, 5.41) is 0. The first-order valence-corrected chi connectivity index (χ1v) is 7.87. The van der Waals surface area contributed by atoms with Gasteiger partial charge in [0, 0.05) is 25.2 Å². The lowest BCUT2D eigenvalue weighted by molar-refractivity contribution is 0.138. The second-order valence-corrected chi connectivity index (χ2v) is 6.47. The van der Waals surface area contributed by atoms with Crippen molar-refractivity contribution in [1.29, 1.82) is 0 Å². The van der Waals surface area contributed by atoms with E-state index in [-0.39, 0.29) is 0 Å². The highest BCUT2D eigenvalue weighted by Crippen LogP contribution is 2.25. The van der Waals surface area contributed by atoms with E-state index >= 15 is 0 Å². The SMILES string of the molecule is CCC1CN(C)CCCN1CC1CCCC(N)C1. The average molecular weight is 253 g/mol. The molecule has 2 N–H and O–H groups in total. The van der Waals surface area contributed by atoms with Crippen molar-refractivity contribution in [2.45, 2.75) is 57.5 Å². The van der Waals surface area contributed by atoms with Gasteiger partial charge in [0.1, 0.15) is 0 Å². The van der Waals surface area contributed by atoms with Crippen LogP contribution in [0.5, 0.6) is 0 Å². The van der Waals surface area contributed by atoms with Crippen LogP contribution in [0.4, 0.5) is 0 Å². The van der Waals surface area contributed by atoms with Gasteiger partial charge in [-0.2, -0.15) is 0 Å². The third-order valence-electron chi connectivity index (χ3n) is 4.81. The largest absolute Gasteiger partial charge is 0.328 e. The molecule has 2 rings (SSSR count). The standard InChI is InChI=1S/C15H31N3/c1-3-15-12-17(2)8-5-9-18(15)11-13-6-4-7-14(16)10-13/h13-15H,3-12,16H2,1-2H3. The van der Waals surface area contributed by atoms with Gasteiger partial charge in [-0.25, -0.2) is 0 Å². The first-order valence-electron chi connectivity index (χ1n) is 7.87. The smallest absolute Gasteiger partial charge is 0.0220 e. The van der Waals surface area contributed by atoms with Crippen molar-refractivity contribution in [3.63, 3.8) is 0 Å². The number of likely N-dealkylation sites (N-methyl/N-ethyl adjacent to an activating group) is 1. The third-order valence-corrected chi connectivity index (χ3v) is 4.81. The van der Waals surface area contributed by atoms with E-state index in [9.17, 15) is 0 Å². The van der Waals surface area contributed by atoms with Gasteiger partial charge in [-0.15, -0.1) is 0 Å². The van der Waals surface area contributed by atoms with Crippen molar-refractivity contribution in [2.24, 2.45) is 11.7 Å². The Balaban J connectivity index is 1.88. The number of nitrogens with two attached hydrogens (primary N) is 1. The van der Waals surface area contributed by atoms with E-state index in [0.717, 1.165) is 12.0 Å². The zero-order valence-electron chi connectivity index (χ0n) is 12.3. The van der Waals surface area contributed by atoms with Crippen molar-refractivity contribution in [3.05, 3.63) is 0 Å². The van der Waals surface area contributed by atoms with Gasteiger partial charge < -0.3 is 10.6 Å². The van der Waals surface area contributed by atoms with Crippen LogP contribution in [-0.2, 0) is 0 Å². The topological polar surface area (TPSA) is 32.5 Å². The molecule has 1 saturated heterocycles. The molecule has 106 valence electrons. The molecular formula is C15H31N3. The minimum atomic E-state index is 0.471. The van der Waals surface area contributed by atoms with Crippen molar-refractivity contribution >= 4 is 0 Å². The molecule has 18 heavy (non-hydrogen) atoms. The Hall–Kier alpha value is -0.120. The molecular weight excluding hydrogens is 222 g/mol. The molecule has 0 radical (unpaired) electrons. The Morgan fingerprint density at radius 3 is 2.72 bits per heavy atom. The van der Waals surface area contributed by atoms with E-state index in [1.54, 1.807) is 0 Å². The summed E-state index contributed by atoms with van der Waals surface area (Å²) in [5.41, 5.74) is 6.12. The number of rotatable bonds is 3. The van der Waals surface area contributed by atoms with Gasteiger partial charge in [-0.3, -0.25) is 4.90 Å². The van der Waals surface area contributed by atoms with E-state index in [0.29, 0.717) is 6.04 Å². The molecule has 1 aliphatic carbocycles. The summed E-state index contributed by atoms with van der Waals surface area (Å²) in [6.45, 7) is 7.42. The van der Waals surface area contributed by atoms with Gasteiger partial charge in [0.2, 0.25) is 0 Å². The highest BCUT2D eigenvalue weighted by atomic mass is 15.2. The first kappa shape index (κ1) is 14.3. The predicted octanol–water partition coefficient (Wildman–Crippen LogP) is 1.92. The highest BCUT2D eigenvalue weighted by molar-refractivity contribution is 4.83. The Labute approximate surface area is 113 Å². The zero-order chi connectivity index (χ0) is 13.0. The van der Waals surface area contributed by atoms with Crippen LogP contribution in [0.1, 0.15) is 45.4 Å². The van der Waals surface area contributed by atoms with Crippen molar-refractivity contribution < 1.29 is 0 Å². The Kier molecular flexibility index (Phi) is 5.46. The highest BCUT2D eigenvalue weighted by Gasteiger charge is 2.26. The Morgan fingerprint density at radius 1 is 1.17 bits per heavy atom. The van der Waals surface area contributed by atoms with E-state index in [4.69, 9.17) is 5.73 Å². The van der Waals surface area contributed by atoms with Gasteiger partial charge in [0.25, 0.3) is 0 Å². The molecule has 3 heteroatoms. The molecule has 2 aliphatic rings. The molecule has 0 aromatic heterocycles. The maximum atomic E-state index is 6.12. The molecule has 0 aromatic carbocycles. The minimum absolute atomic E-state index is 0.471. The van der Waals surface area contributed by atoms with Crippen LogP contribution >= 0.6 is 0 Å². The normalized spacial score (nSPS) is 36.5. The molecule has 3 atom stereocenters. The van der Waals surface area contributed by atoms with E-state index in [1.165, 1.54) is 64.7 Å². The molecule has 0 aromatic rings. The minimum Gasteiger partial charge on any atom is -0.328 e. The molecule has 3 nitrogen and oxygen atoms in total. The molecule has 0 amide bonds. The summed E-state index contributed by atoms with van der Waals surface area (Å²) >= 11 is 0. The van der Waals surface area contributed by atoms with Crippen LogP contribution in [0, 0.1) is 5.92 Å². The monoisotopic (exact) mass is 253 g/mol. The number of hydrogen-bond acceptors (Lipinski definition) is 3. The van der Waals surface area contributed by atoms with Crippen LogP contribution in [0.2, 0.25) is 0 Å². The first-order chi connectivity index (χ1) is 8.69. The molecule has 1 aliphatic heterocycles.